The maximum atomic E-state index is 13.1. The molecule has 2 amide bonds. The number of anilines is 2. The molecule has 1 N–H and O–H groups in total. The van der Waals surface area contributed by atoms with E-state index in [2.05, 4.69) is 10.3 Å². The molecule has 0 bridgehead atoms. The topological polar surface area (TPSA) is 71.5 Å². The number of aryl methyl sites for hydroxylation is 1. The zero-order valence-electron chi connectivity index (χ0n) is 16.0. The summed E-state index contributed by atoms with van der Waals surface area (Å²) in [5.41, 5.74) is 1.20. The molecule has 3 aromatic rings. The van der Waals surface area contributed by atoms with Gasteiger partial charge in [-0.2, -0.15) is 0 Å². The standard InChI is InChI=1S/C21H18FN3O3S/c1-12-4-9-17-16(10-12)25(3)19(27)21(2,28-17)18(26)24-20-23-15(11-29-20)13-5-7-14(22)8-6-13/h4-11H,1-3H3,(H,23,24,26). The Morgan fingerprint density at radius 3 is 2.69 bits per heavy atom. The molecule has 8 heteroatoms. The predicted molar refractivity (Wildman–Crippen MR) is 110 cm³/mol. The van der Waals surface area contributed by atoms with Crippen LogP contribution in [0.1, 0.15) is 12.5 Å². The predicted octanol–water partition coefficient (Wildman–Crippen LogP) is 4.01. The Morgan fingerprint density at radius 1 is 1.24 bits per heavy atom. The fourth-order valence-corrected chi connectivity index (χ4v) is 3.83. The number of benzene rings is 2. The lowest BCUT2D eigenvalue weighted by Gasteiger charge is -2.37. The average molecular weight is 411 g/mol. The number of fused-ring (bicyclic) bond motifs is 1. The number of ether oxygens (including phenoxy) is 1. The number of nitrogens with one attached hydrogen (secondary N) is 1. The molecule has 2 heterocycles. The van der Waals surface area contributed by atoms with Crippen molar-refractivity contribution in [3.8, 4) is 17.0 Å². The minimum absolute atomic E-state index is 0.323. The molecule has 0 saturated carbocycles. The maximum absolute atomic E-state index is 13.1. The Kier molecular flexibility index (Phi) is 4.58. The summed E-state index contributed by atoms with van der Waals surface area (Å²) in [6.45, 7) is 3.36. The molecule has 6 nitrogen and oxygen atoms in total. The molecule has 0 fully saturated rings. The Morgan fingerprint density at radius 2 is 1.97 bits per heavy atom. The Balaban J connectivity index is 1.57. The second-order valence-corrected chi connectivity index (χ2v) is 7.83. The van der Waals surface area contributed by atoms with E-state index in [0.29, 0.717) is 22.3 Å². The minimum Gasteiger partial charge on any atom is -0.465 e. The number of likely N-dealkylation sites (N-methyl/N-ethyl adjacent to an activating group) is 1. The number of hydrogen-bond acceptors (Lipinski definition) is 5. The van der Waals surface area contributed by atoms with Gasteiger partial charge in [-0.1, -0.05) is 6.07 Å². The number of carbonyl (C=O) groups is 2. The number of amides is 2. The van der Waals surface area contributed by atoms with Crippen LogP contribution in [-0.2, 0) is 9.59 Å². The van der Waals surface area contributed by atoms with E-state index >= 15 is 0 Å². The van der Waals surface area contributed by atoms with Gasteiger partial charge in [-0.15, -0.1) is 11.3 Å². The highest BCUT2D eigenvalue weighted by molar-refractivity contribution is 7.14. The van der Waals surface area contributed by atoms with Crippen molar-refractivity contribution in [2.75, 3.05) is 17.3 Å². The van der Waals surface area contributed by atoms with Crippen molar-refractivity contribution in [2.45, 2.75) is 19.4 Å². The first-order valence-corrected chi connectivity index (χ1v) is 9.76. The third-order valence-corrected chi connectivity index (χ3v) is 5.56. The first-order chi connectivity index (χ1) is 13.8. The van der Waals surface area contributed by atoms with Gasteiger partial charge in [0.05, 0.1) is 11.4 Å². The van der Waals surface area contributed by atoms with Crippen molar-refractivity contribution in [3.05, 3.63) is 59.2 Å². The number of hydrogen-bond donors (Lipinski definition) is 1. The van der Waals surface area contributed by atoms with Crippen LogP contribution in [0.5, 0.6) is 5.75 Å². The van der Waals surface area contributed by atoms with Crippen LogP contribution in [0.4, 0.5) is 15.2 Å². The summed E-state index contributed by atoms with van der Waals surface area (Å²) in [4.78, 5) is 31.6. The molecule has 1 aliphatic rings. The molecule has 0 radical (unpaired) electrons. The molecule has 2 aromatic carbocycles. The van der Waals surface area contributed by atoms with Crippen LogP contribution in [0.25, 0.3) is 11.3 Å². The summed E-state index contributed by atoms with van der Waals surface area (Å²) >= 11 is 1.21. The Hall–Kier alpha value is -3.26. The van der Waals surface area contributed by atoms with E-state index < -0.39 is 17.4 Å². The largest absolute Gasteiger partial charge is 0.465 e. The van der Waals surface area contributed by atoms with Crippen LogP contribution < -0.4 is 15.0 Å². The van der Waals surface area contributed by atoms with Gasteiger partial charge in [0, 0.05) is 18.0 Å². The second kappa shape index (κ2) is 6.97. The van der Waals surface area contributed by atoms with Crippen molar-refractivity contribution in [2.24, 2.45) is 0 Å². The lowest BCUT2D eigenvalue weighted by Crippen LogP contribution is -2.59. The van der Waals surface area contributed by atoms with Crippen molar-refractivity contribution >= 4 is 34.0 Å². The minimum atomic E-state index is -1.72. The van der Waals surface area contributed by atoms with Crippen LogP contribution in [0, 0.1) is 12.7 Å². The summed E-state index contributed by atoms with van der Waals surface area (Å²) in [6.07, 6.45) is 0. The van der Waals surface area contributed by atoms with Gasteiger partial charge in [0.2, 0.25) is 0 Å². The van der Waals surface area contributed by atoms with Crippen molar-refractivity contribution in [1.29, 1.82) is 0 Å². The number of thiazole rings is 1. The summed E-state index contributed by atoms with van der Waals surface area (Å²) in [7, 11) is 1.62. The van der Waals surface area contributed by atoms with E-state index in [-0.39, 0.29) is 5.82 Å². The van der Waals surface area contributed by atoms with E-state index in [1.165, 1.54) is 35.3 Å². The third kappa shape index (κ3) is 3.36. The second-order valence-electron chi connectivity index (χ2n) is 6.97. The smallest absolute Gasteiger partial charge is 0.280 e. The zero-order valence-corrected chi connectivity index (χ0v) is 16.8. The molecule has 1 aliphatic heterocycles. The van der Waals surface area contributed by atoms with Crippen molar-refractivity contribution in [3.63, 3.8) is 0 Å². The molecule has 0 spiro atoms. The molecule has 148 valence electrons. The van der Waals surface area contributed by atoms with E-state index in [4.69, 9.17) is 4.74 Å². The highest BCUT2D eigenvalue weighted by Gasteiger charge is 2.50. The molecular formula is C21H18FN3O3S. The Bertz CT molecular complexity index is 1110. The number of carbonyl (C=O) groups excluding carboxylic acids is 2. The average Bonchev–Trinajstić information content (AvgIpc) is 3.16. The Labute approximate surface area is 171 Å². The summed E-state index contributed by atoms with van der Waals surface area (Å²) in [6, 6.07) is 11.3. The van der Waals surface area contributed by atoms with Gasteiger partial charge in [0.25, 0.3) is 17.4 Å². The first kappa shape index (κ1) is 19.1. The number of rotatable bonds is 3. The van der Waals surface area contributed by atoms with Gasteiger partial charge in [-0.3, -0.25) is 14.9 Å². The van der Waals surface area contributed by atoms with Crippen LogP contribution in [0.3, 0.4) is 0 Å². The lowest BCUT2D eigenvalue weighted by atomic mass is 10.00. The summed E-state index contributed by atoms with van der Waals surface area (Å²) in [5, 5.41) is 4.74. The summed E-state index contributed by atoms with van der Waals surface area (Å²) in [5.74, 6) is -0.955. The van der Waals surface area contributed by atoms with Crippen LogP contribution in [-0.4, -0.2) is 29.4 Å². The molecule has 29 heavy (non-hydrogen) atoms. The zero-order chi connectivity index (χ0) is 20.8. The molecule has 0 aliphatic carbocycles. The van der Waals surface area contributed by atoms with Crippen LogP contribution in [0.15, 0.2) is 47.8 Å². The lowest BCUT2D eigenvalue weighted by molar-refractivity contribution is -0.144. The number of halogens is 1. The van der Waals surface area contributed by atoms with E-state index in [0.717, 1.165) is 11.1 Å². The van der Waals surface area contributed by atoms with Gasteiger partial charge in [-0.25, -0.2) is 9.37 Å². The fourth-order valence-electron chi connectivity index (χ4n) is 3.11. The normalized spacial score (nSPS) is 18.2. The SMILES string of the molecule is Cc1ccc2c(c1)N(C)C(=O)C(C)(C(=O)Nc1nc(-c3ccc(F)cc3)cs1)O2. The van der Waals surface area contributed by atoms with Gasteiger partial charge < -0.3 is 9.64 Å². The highest BCUT2D eigenvalue weighted by atomic mass is 32.1. The van der Waals surface area contributed by atoms with E-state index in [1.807, 2.05) is 19.1 Å². The molecule has 1 atom stereocenters. The molecule has 0 saturated heterocycles. The molecule has 1 aromatic heterocycles. The molecule has 4 rings (SSSR count). The monoisotopic (exact) mass is 411 g/mol. The van der Waals surface area contributed by atoms with Crippen LogP contribution in [0.2, 0.25) is 0 Å². The van der Waals surface area contributed by atoms with Crippen molar-refractivity contribution in [1.82, 2.24) is 4.98 Å². The quantitative estimate of drug-likeness (QED) is 0.661. The first-order valence-electron chi connectivity index (χ1n) is 8.89. The third-order valence-electron chi connectivity index (χ3n) is 4.80. The van der Waals surface area contributed by atoms with E-state index in [9.17, 15) is 14.0 Å². The maximum Gasteiger partial charge on any atom is 0.280 e. The fraction of sp³-hybridized carbons (Fsp3) is 0.190. The van der Waals surface area contributed by atoms with Gasteiger partial charge in [0.15, 0.2) is 5.13 Å². The van der Waals surface area contributed by atoms with Gasteiger partial charge >= 0.3 is 0 Å². The highest BCUT2D eigenvalue weighted by Crippen LogP contribution is 2.38. The van der Waals surface area contributed by atoms with E-state index in [1.54, 1.807) is 30.6 Å². The number of aromatic nitrogens is 1. The van der Waals surface area contributed by atoms with Gasteiger partial charge in [-0.05, 0) is 55.8 Å². The van der Waals surface area contributed by atoms with Crippen molar-refractivity contribution < 1.29 is 18.7 Å². The van der Waals surface area contributed by atoms with Gasteiger partial charge in [0.1, 0.15) is 11.6 Å². The summed E-state index contributed by atoms with van der Waals surface area (Å²) < 4.78 is 18.9. The van der Waals surface area contributed by atoms with Crippen LogP contribution >= 0.6 is 11.3 Å². The molecule has 1 unspecified atom stereocenters. The number of nitrogens with zero attached hydrogens (tertiary/aromatic N) is 2. The molecular weight excluding hydrogens is 393 g/mol.